The van der Waals surface area contributed by atoms with Crippen LogP contribution >= 0.6 is 46.4 Å². The van der Waals surface area contributed by atoms with Crippen LogP contribution in [0.5, 0.6) is 0 Å². The normalized spacial score (nSPS) is 11.4. The molecule has 2 nitrogen and oxygen atoms in total. The van der Waals surface area contributed by atoms with Crippen molar-refractivity contribution in [1.29, 1.82) is 0 Å². The van der Waals surface area contributed by atoms with Crippen molar-refractivity contribution in [2.24, 2.45) is 5.73 Å². The van der Waals surface area contributed by atoms with Crippen molar-refractivity contribution in [3.8, 4) is 11.3 Å². The highest BCUT2D eigenvalue weighted by molar-refractivity contribution is 6.41. The van der Waals surface area contributed by atoms with E-state index in [0.29, 0.717) is 26.6 Å². The van der Waals surface area contributed by atoms with Crippen molar-refractivity contribution in [2.75, 3.05) is 6.54 Å². The quantitative estimate of drug-likeness (QED) is 0.457. The zero-order chi connectivity index (χ0) is 17.3. The van der Waals surface area contributed by atoms with Gasteiger partial charge in [-0.25, -0.2) is 0 Å². The summed E-state index contributed by atoms with van der Waals surface area (Å²) >= 11 is 25.4. The summed E-state index contributed by atoms with van der Waals surface area (Å²) in [6.07, 6.45) is 2.72. The number of fused-ring (bicyclic) bond motifs is 1. The summed E-state index contributed by atoms with van der Waals surface area (Å²) in [7, 11) is 0. The molecule has 2 aromatic carbocycles. The molecule has 0 spiro atoms. The molecule has 0 amide bonds. The lowest BCUT2D eigenvalue weighted by Gasteiger charge is -2.08. The highest BCUT2D eigenvalue weighted by atomic mass is 35.5. The number of benzene rings is 2. The zero-order valence-corrected chi connectivity index (χ0v) is 15.8. The standard InChI is InChI=1S/C18H16Cl4N2/c19-10-4-5-13(20)12(9-10)17-11(3-1-2-8-23)16-14(21)6-7-15(22)18(16)24-17/h4-7,9,24H,1-3,8,23H2. The number of rotatable bonds is 5. The maximum atomic E-state index is 6.46. The Kier molecular flexibility index (Phi) is 5.63. The topological polar surface area (TPSA) is 41.8 Å². The minimum absolute atomic E-state index is 0.623. The van der Waals surface area contributed by atoms with E-state index in [1.807, 2.05) is 12.1 Å². The molecule has 126 valence electrons. The molecule has 0 bridgehead atoms. The van der Waals surface area contributed by atoms with Crippen molar-refractivity contribution in [3.63, 3.8) is 0 Å². The minimum atomic E-state index is 0.623. The van der Waals surface area contributed by atoms with E-state index in [1.54, 1.807) is 18.2 Å². The van der Waals surface area contributed by atoms with Crippen molar-refractivity contribution in [1.82, 2.24) is 4.98 Å². The number of hydrogen-bond donors (Lipinski definition) is 2. The second-order valence-electron chi connectivity index (χ2n) is 5.63. The lowest BCUT2D eigenvalue weighted by molar-refractivity contribution is 0.748. The maximum absolute atomic E-state index is 6.46. The lowest BCUT2D eigenvalue weighted by Crippen LogP contribution is -1.99. The first-order valence-corrected chi connectivity index (χ1v) is 9.18. The van der Waals surface area contributed by atoms with Crippen LogP contribution in [0.25, 0.3) is 22.2 Å². The molecule has 0 unspecified atom stereocenters. The van der Waals surface area contributed by atoms with E-state index in [0.717, 1.165) is 47.0 Å². The fourth-order valence-electron chi connectivity index (χ4n) is 2.91. The van der Waals surface area contributed by atoms with Crippen LogP contribution in [0, 0.1) is 0 Å². The summed E-state index contributed by atoms with van der Waals surface area (Å²) in [5.74, 6) is 0. The largest absolute Gasteiger partial charge is 0.353 e. The van der Waals surface area contributed by atoms with Gasteiger partial charge in [0.1, 0.15) is 0 Å². The van der Waals surface area contributed by atoms with Crippen molar-refractivity contribution < 1.29 is 0 Å². The summed E-state index contributed by atoms with van der Waals surface area (Å²) in [4.78, 5) is 3.39. The van der Waals surface area contributed by atoms with Gasteiger partial charge in [-0.2, -0.15) is 0 Å². The molecule has 3 N–H and O–H groups in total. The third-order valence-electron chi connectivity index (χ3n) is 4.04. The lowest BCUT2D eigenvalue weighted by atomic mass is 10.00. The van der Waals surface area contributed by atoms with Gasteiger partial charge in [0.25, 0.3) is 0 Å². The Hall–Kier alpha value is -0.900. The van der Waals surface area contributed by atoms with E-state index in [1.165, 1.54) is 0 Å². The average Bonchev–Trinajstić information content (AvgIpc) is 2.94. The van der Waals surface area contributed by atoms with Crippen LogP contribution in [0.4, 0.5) is 0 Å². The molecule has 0 atom stereocenters. The molecule has 6 heteroatoms. The van der Waals surface area contributed by atoms with Crippen molar-refractivity contribution in [3.05, 3.63) is 56.0 Å². The maximum Gasteiger partial charge on any atom is 0.0666 e. The minimum Gasteiger partial charge on any atom is -0.353 e. The summed E-state index contributed by atoms with van der Waals surface area (Å²) in [5.41, 5.74) is 9.29. The third kappa shape index (κ3) is 3.40. The van der Waals surface area contributed by atoms with Gasteiger partial charge < -0.3 is 10.7 Å². The van der Waals surface area contributed by atoms with E-state index >= 15 is 0 Å². The SMILES string of the molecule is NCCCCc1c(-c2cc(Cl)ccc2Cl)[nH]c2c(Cl)ccc(Cl)c12. The fourth-order valence-corrected chi connectivity index (χ4v) is 3.77. The molecule has 0 fully saturated rings. The van der Waals surface area contributed by atoms with Crippen LogP contribution < -0.4 is 5.73 Å². The molecule has 3 rings (SSSR count). The van der Waals surface area contributed by atoms with Gasteiger partial charge in [0, 0.05) is 21.0 Å². The number of nitrogens with one attached hydrogen (secondary N) is 1. The Morgan fingerprint density at radius 3 is 2.33 bits per heavy atom. The second-order valence-corrected chi connectivity index (χ2v) is 7.29. The Morgan fingerprint density at radius 1 is 0.875 bits per heavy atom. The second kappa shape index (κ2) is 7.55. The third-order valence-corrected chi connectivity index (χ3v) is 5.23. The Morgan fingerprint density at radius 2 is 1.58 bits per heavy atom. The summed E-state index contributed by atoms with van der Waals surface area (Å²) in [6, 6.07) is 9.01. The first-order valence-electron chi connectivity index (χ1n) is 7.67. The van der Waals surface area contributed by atoms with Crippen LogP contribution in [0.1, 0.15) is 18.4 Å². The van der Waals surface area contributed by atoms with Gasteiger partial charge in [0.15, 0.2) is 0 Å². The van der Waals surface area contributed by atoms with E-state index in [2.05, 4.69) is 4.98 Å². The van der Waals surface area contributed by atoms with E-state index < -0.39 is 0 Å². The molecule has 0 saturated carbocycles. The highest BCUT2D eigenvalue weighted by Gasteiger charge is 2.19. The average molecular weight is 402 g/mol. The molecule has 0 radical (unpaired) electrons. The Balaban J connectivity index is 2.26. The van der Waals surface area contributed by atoms with E-state index in [4.69, 9.17) is 52.1 Å². The van der Waals surface area contributed by atoms with Gasteiger partial charge in [0.05, 0.1) is 21.3 Å². The number of nitrogens with two attached hydrogens (primary N) is 1. The fraction of sp³-hybridized carbons (Fsp3) is 0.222. The number of halogens is 4. The molecule has 1 heterocycles. The summed E-state index contributed by atoms with van der Waals surface area (Å²) in [5, 5.41) is 3.47. The van der Waals surface area contributed by atoms with Gasteiger partial charge in [0.2, 0.25) is 0 Å². The first-order chi connectivity index (χ1) is 11.5. The van der Waals surface area contributed by atoms with Crippen LogP contribution in [0.15, 0.2) is 30.3 Å². The van der Waals surface area contributed by atoms with Gasteiger partial charge in [-0.1, -0.05) is 46.4 Å². The monoisotopic (exact) mass is 400 g/mol. The number of aromatic amines is 1. The van der Waals surface area contributed by atoms with Crippen molar-refractivity contribution >= 4 is 57.3 Å². The van der Waals surface area contributed by atoms with Crippen LogP contribution in [0.3, 0.4) is 0 Å². The van der Waals surface area contributed by atoms with Crippen LogP contribution in [-0.2, 0) is 6.42 Å². The van der Waals surface area contributed by atoms with Gasteiger partial charge >= 0.3 is 0 Å². The van der Waals surface area contributed by atoms with E-state index in [-0.39, 0.29) is 0 Å². The number of unbranched alkanes of at least 4 members (excludes halogenated alkanes) is 1. The molecule has 3 aromatic rings. The Bertz CT molecular complexity index is 886. The molecular formula is C18H16Cl4N2. The molecule has 0 saturated heterocycles. The summed E-state index contributed by atoms with van der Waals surface area (Å²) in [6.45, 7) is 0.657. The van der Waals surface area contributed by atoms with Crippen molar-refractivity contribution in [2.45, 2.75) is 19.3 Å². The van der Waals surface area contributed by atoms with Gasteiger partial charge in [-0.15, -0.1) is 0 Å². The number of hydrogen-bond acceptors (Lipinski definition) is 1. The number of aromatic nitrogens is 1. The zero-order valence-electron chi connectivity index (χ0n) is 12.8. The van der Waals surface area contributed by atoms with E-state index in [9.17, 15) is 0 Å². The predicted octanol–water partition coefficient (Wildman–Crippen LogP) is 6.73. The van der Waals surface area contributed by atoms with Gasteiger partial charge in [-0.05, 0) is 61.7 Å². The van der Waals surface area contributed by atoms with Crippen LogP contribution in [0.2, 0.25) is 20.1 Å². The molecule has 24 heavy (non-hydrogen) atoms. The first kappa shape index (κ1) is 17.9. The molecule has 1 aromatic heterocycles. The molecule has 0 aliphatic rings. The smallest absolute Gasteiger partial charge is 0.0666 e. The Labute approximate surface area is 160 Å². The van der Waals surface area contributed by atoms with Crippen LogP contribution in [-0.4, -0.2) is 11.5 Å². The molecular weight excluding hydrogens is 386 g/mol. The molecule has 0 aliphatic heterocycles. The number of H-pyrrole nitrogens is 1. The predicted molar refractivity (Wildman–Crippen MR) is 106 cm³/mol. The highest BCUT2D eigenvalue weighted by Crippen LogP contribution is 2.41. The molecule has 0 aliphatic carbocycles. The number of aryl methyl sites for hydroxylation is 1. The van der Waals surface area contributed by atoms with Gasteiger partial charge in [-0.3, -0.25) is 0 Å². The summed E-state index contributed by atoms with van der Waals surface area (Å²) < 4.78 is 0.